The molecule has 0 unspecified atom stereocenters. The lowest BCUT2D eigenvalue weighted by Crippen LogP contribution is -2.23. The van der Waals surface area contributed by atoms with Crippen LogP contribution >= 0.6 is 0 Å². The minimum atomic E-state index is -1.10. The highest BCUT2D eigenvalue weighted by Crippen LogP contribution is 2.36. The molecule has 0 aliphatic rings. The largest absolute Gasteiger partial charge is 0.481 e. The van der Waals surface area contributed by atoms with Crippen LogP contribution in [0, 0.1) is 20.2 Å². The van der Waals surface area contributed by atoms with Crippen molar-refractivity contribution in [2.24, 2.45) is 0 Å². The zero-order valence-electron chi connectivity index (χ0n) is 10.3. The molecule has 0 atom stereocenters. The molecule has 1 rings (SSSR count). The Morgan fingerprint density at radius 2 is 1.84 bits per heavy atom. The fourth-order valence-corrected chi connectivity index (χ4v) is 1.83. The van der Waals surface area contributed by atoms with Gasteiger partial charge in [0.2, 0.25) is 0 Å². The number of hydrogen-bond donors (Lipinski definition) is 1. The van der Waals surface area contributed by atoms with Crippen molar-refractivity contribution in [2.75, 3.05) is 0 Å². The first kappa shape index (κ1) is 14.6. The number of nitro groups is 2. The molecule has 0 heterocycles. The highest BCUT2D eigenvalue weighted by Gasteiger charge is 2.32. The van der Waals surface area contributed by atoms with E-state index in [4.69, 9.17) is 5.11 Å². The van der Waals surface area contributed by atoms with Crippen LogP contribution in [0.1, 0.15) is 25.8 Å². The fourth-order valence-electron chi connectivity index (χ4n) is 1.83. The fraction of sp³-hybridized carbons (Fsp3) is 0.364. The molecule has 1 N–H and O–H groups in total. The van der Waals surface area contributed by atoms with Crippen LogP contribution in [0.5, 0.6) is 0 Å². The van der Waals surface area contributed by atoms with E-state index in [0.29, 0.717) is 0 Å². The normalized spacial score (nSPS) is 11.1. The minimum absolute atomic E-state index is 0.158. The highest BCUT2D eigenvalue weighted by molar-refractivity contribution is 5.69. The maximum Gasteiger partial charge on any atom is 0.304 e. The van der Waals surface area contributed by atoms with E-state index < -0.39 is 32.6 Å². The van der Waals surface area contributed by atoms with Gasteiger partial charge in [-0.25, -0.2) is 0 Å². The number of non-ortho nitro benzene ring substituents is 1. The second kappa shape index (κ2) is 5.01. The molecule has 19 heavy (non-hydrogen) atoms. The van der Waals surface area contributed by atoms with Crippen molar-refractivity contribution >= 4 is 17.3 Å². The van der Waals surface area contributed by atoms with Gasteiger partial charge >= 0.3 is 5.97 Å². The zero-order valence-corrected chi connectivity index (χ0v) is 10.3. The van der Waals surface area contributed by atoms with Gasteiger partial charge < -0.3 is 5.11 Å². The number of carboxylic acid groups (broad SMARTS) is 1. The first-order valence-corrected chi connectivity index (χ1v) is 5.30. The van der Waals surface area contributed by atoms with Crippen molar-refractivity contribution in [1.29, 1.82) is 0 Å². The first-order valence-electron chi connectivity index (χ1n) is 5.30. The molecule has 0 aliphatic carbocycles. The molecule has 8 nitrogen and oxygen atoms in total. The third kappa shape index (κ3) is 3.24. The van der Waals surface area contributed by atoms with Crippen LogP contribution in [0.2, 0.25) is 0 Å². The van der Waals surface area contributed by atoms with Gasteiger partial charge in [-0.1, -0.05) is 13.8 Å². The van der Waals surface area contributed by atoms with Gasteiger partial charge in [0.25, 0.3) is 11.4 Å². The van der Waals surface area contributed by atoms with Gasteiger partial charge in [0.05, 0.1) is 22.3 Å². The smallest absolute Gasteiger partial charge is 0.304 e. The summed E-state index contributed by atoms with van der Waals surface area (Å²) in [5.74, 6) is -1.10. The molecule has 0 spiro atoms. The van der Waals surface area contributed by atoms with Gasteiger partial charge in [0.1, 0.15) is 0 Å². The maximum absolute atomic E-state index is 11.0. The number of benzene rings is 1. The Balaban J connectivity index is 3.39. The summed E-state index contributed by atoms with van der Waals surface area (Å²) in [7, 11) is 0. The molecule has 0 amide bonds. The molecule has 1 aromatic rings. The second-order valence-corrected chi connectivity index (χ2v) is 4.67. The number of nitrogens with zero attached hydrogens (tertiary/aromatic N) is 2. The van der Waals surface area contributed by atoms with Crippen molar-refractivity contribution in [3.05, 3.63) is 44.0 Å². The molecule has 1 aromatic carbocycles. The van der Waals surface area contributed by atoms with Crippen LogP contribution in [0.25, 0.3) is 0 Å². The van der Waals surface area contributed by atoms with E-state index >= 15 is 0 Å². The lowest BCUT2D eigenvalue weighted by atomic mass is 9.80. The number of carbonyl (C=O) groups is 1. The standard InChI is InChI=1S/C11H12N2O6/c1-11(2,6-10(14)15)8-4-3-7(12(16)17)5-9(8)13(18)19/h3-5H,6H2,1-2H3,(H,14,15). The van der Waals surface area contributed by atoms with Crippen LogP contribution < -0.4 is 0 Å². The maximum atomic E-state index is 11.0. The monoisotopic (exact) mass is 268 g/mol. The van der Waals surface area contributed by atoms with E-state index in [1.807, 2.05) is 0 Å². The number of carboxylic acids is 1. The predicted octanol–water partition coefficient (Wildman–Crippen LogP) is 2.26. The third-order valence-corrected chi connectivity index (χ3v) is 2.71. The molecule has 0 radical (unpaired) electrons. The minimum Gasteiger partial charge on any atom is -0.481 e. The van der Waals surface area contributed by atoms with Gasteiger partial charge in [-0.3, -0.25) is 25.0 Å². The van der Waals surface area contributed by atoms with E-state index in [-0.39, 0.29) is 12.0 Å². The molecule has 0 saturated heterocycles. The summed E-state index contributed by atoms with van der Waals surface area (Å²) in [6, 6.07) is 3.21. The molecular formula is C11H12N2O6. The van der Waals surface area contributed by atoms with E-state index in [1.165, 1.54) is 19.9 Å². The molecule has 0 fully saturated rings. The van der Waals surface area contributed by atoms with E-state index in [9.17, 15) is 25.0 Å². The summed E-state index contributed by atoms with van der Waals surface area (Å²) >= 11 is 0. The molecular weight excluding hydrogens is 256 g/mol. The Hall–Kier alpha value is -2.51. The van der Waals surface area contributed by atoms with Crippen molar-refractivity contribution in [1.82, 2.24) is 0 Å². The van der Waals surface area contributed by atoms with Crippen LogP contribution in [-0.4, -0.2) is 20.9 Å². The Morgan fingerprint density at radius 3 is 2.26 bits per heavy atom. The lowest BCUT2D eigenvalue weighted by molar-refractivity contribution is -0.394. The topological polar surface area (TPSA) is 124 Å². The quantitative estimate of drug-likeness (QED) is 0.645. The van der Waals surface area contributed by atoms with Gasteiger partial charge in [0, 0.05) is 17.0 Å². The molecule has 0 bridgehead atoms. The summed E-state index contributed by atoms with van der Waals surface area (Å²) in [5.41, 5.74) is -1.68. The van der Waals surface area contributed by atoms with Crippen LogP contribution in [0.15, 0.2) is 18.2 Å². The number of aliphatic carboxylic acids is 1. The Bertz CT molecular complexity index is 552. The van der Waals surface area contributed by atoms with Crippen molar-refractivity contribution in [3.63, 3.8) is 0 Å². The molecule has 0 aliphatic heterocycles. The van der Waals surface area contributed by atoms with Crippen LogP contribution in [0.3, 0.4) is 0 Å². The average molecular weight is 268 g/mol. The van der Waals surface area contributed by atoms with Crippen molar-refractivity contribution in [3.8, 4) is 0 Å². The average Bonchev–Trinajstić information content (AvgIpc) is 2.26. The Labute approximate surface area is 108 Å². The lowest BCUT2D eigenvalue weighted by Gasteiger charge is -2.22. The Kier molecular flexibility index (Phi) is 3.83. The van der Waals surface area contributed by atoms with Crippen molar-refractivity contribution in [2.45, 2.75) is 25.7 Å². The van der Waals surface area contributed by atoms with Crippen LogP contribution in [0.4, 0.5) is 11.4 Å². The van der Waals surface area contributed by atoms with Crippen molar-refractivity contribution < 1.29 is 19.7 Å². The summed E-state index contributed by atoms with van der Waals surface area (Å²) in [4.78, 5) is 30.9. The van der Waals surface area contributed by atoms with Gasteiger partial charge in [-0.15, -0.1) is 0 Å². The number of rotatable bonds is 5. The van der Waals surface area contributed by atoms with E-state index in [0.717, 1.165) is 12.1 Å². The first-order chi connectivity index (χ1) is 8.65. The summed E-state index contributed by atoms with van der Waals surface area (Å²) < 4.78 is 0. The molecule has 102 valence electrons. The zero-order chi connectivity index (χ0) is 14.8. The summed E-state index contributed by atoms with van der Waals surface area (Å²) in [6.45, 7) is 3.07. The predicted molar refractivity (Wildman–Crippen MR) is 65.0 cm³/mol. The summed E-state index contributed by atoms with van der Waals surface area (Å²) in [5, 5.41) is 30.4. The number of hydrogen-bond acceptors (Lipinski definition) is 5. The van der Waals surface area contributed by atoms with E-state index in [1.54, 1.807) is 0 Å². The molecule has 8 heteroatoms. The molecule has 0 saturated carbocycles. The van der Waals surface area contributed by atoms with Gasteiger partial charge in [-0.05, 0) is 6.07 Å². The number of nitro benzene ring substituents is 2. The molecule has 0 aromatic heterocycles. The Morgan fingerprint density at radius 1 is 1.26 bits per heavy atom. The summed E-state index contributed by atoms with van der Waals surface area (Å²) in [6.07, 6.45) is -0.314. The second-order valence-electron chi connectivity index (χ2n) is 4.67. The highest BCUT2D eigenvalue weighted by atomic mass is 16.6. The van der Waals surface area contributed by atoms with Crippen LogP contribution in [-0.2, 0) is 10.2 Å². The van der Waals surface area contributed by atoms with Gasteiger partial charge in [-0.2, -0.15) is 0 Å². The van der Waals surface area contributed by atoms with E-state index in [2.05, 4.69) is 0 Å². The van der Waals surface area contributed by atoms with Gasteiger partial charge in [0.15, 0.2) is 0 Å². The third-order valence-electron chi connectivity index (χ3n) is 2.71. The SMILES string of the molecule is CC(C)(CC(=O)O)c1ccc([N+](=O)[O-])cc1[N+](=O)[O-].